The van der Waals surface area contributed by atoms with E-state index in [4.69, 9.17) is 11.6 Å². The first-order valence-electron chi connectivity index (χ1n) is 2.50. The van der Waals surface area contributed by atoms with Crippen LogP contribution in [0.25, 0.3) is 0 Å². The van der Waals surface area contributed by atoms with Gasteiger partial charge >= 0.3 is 0 Å². The van der Waals surface area contributed by atoms with Gasteiger partial charge in [-0.25, -0.2) is 0 Å². The van der Waals surface area contributed by atoms with Gasteiger partial charge in [-0.2, -0.15) is 0 Å². The summed E-state index contributed by atoms with van der Waals surface area (Å²) in [5.74, 6) is 0.683. The normalized spacial score (nSPS) is 9.11. The van der Waals surface area contributed by atoms with Gasteiger partial charge in [0, 0.05) is 5.02 Å². The Labute approximate surface area is 59.2 Å². The molecule has 47 valence electrons. The molecule has 1 aromatic rings. The second-order valence-electron chi connectivity index (χ2n) is 1.60. The molecule has 0 heterocycles. The highest BCUT2D eigenvalue weighted by atomic mass is 35.5. The van der Waals surface area contributed by atoms with Crippen molar-refractivity contribution >= 4 is 11.6 Å². The topological polar surface area (TPSA) is 9.23 Å². The van der Waals surface area contributed by atoms with E-state index in [-0.39, 0.29) is 0 Å². The molecule has 0 aliphatic rings. The van der Waals surface area contributed by atoms with Crippen LogP contribution in [0.15, 0.2) is 24.3 Å². The third kappa shape index (κ3) is 1.61. The van der Waals surface area contributed by atoms with Crippen LogP contribution in [0.3, 0.4) is 0 Å². The lowest BCUT2D eigenvalue weighted by Crippen LogP contribution is -1.76. The fraction of sp³-hybridized carbons (Fsp3) is 0. The molecule has 1 rings (SSSR count). The van der Waals surface area contributed by atoms with Crippen molar-refractivity contribution in [1.29, 1.82) is 0 Å². The first kappa shape index (κ1) is 6.43. The Bertz CT molecular complexity index is 198. The largest absolute Gasteiger partial charge is 0.490 e. The summed E-state index contributed by atoms with van der Waals surface area (Å²) < 4.78 is 4.66. The monoisotopic (exact) mass is 141 g/mol. The number of hydrogen-bond acceptors (Lipinski definition) is 1. The van der Waals surface area contributed by atoms with Crippen molar-refractivity contribution in [1.82, 2.24) is 0 Å². The van der Waals surface area contributed by atoms with Gasteiger partial charge < -0.3 is 4.74 Å². The van der Waals surface area contributed by atoms with Crippen molar-refractivity contribution in [3.05, 3.63) is 36.4 Å². The minimum Gasteiger partial charge on any atom is -0.490 e. The summed E-state index contributed by atoms with van der Waals surface area (Å²) in [6.45, 7) is 0. The molecule has 0 saturated heterocycles. The fourth-order valence-corrected chi connectivity index (χ4v) is 0.737. The molecule has 0 unspecified atom stereocenters. The van der Waals surface area contributed by atoms with Gasteiger partial charge in [-0.1, -0.05) is 17.7 Å². The molecule has 0 saturated carbocycles. The summed E-state index contributed by atoms with van der Waals surface area (Å²) in [5.41, 5.74) is 0. The Kier molecular flexibility index (Phi) is 1.96. The Balaban J connectivity index is 2.94. The van der Waals surface area contributed by atoms with Crippen LogP contribution >= 0.6 is 11.6 Å². The zero-order valence-corrected chi connectivity index (χ0v) is 5.56. The van der Waals surface area contributed by atoms with Crippen LogP contribution in [0.1, 0.15) is 0 Å². The molecule has 0 N–H and O–H groups in total. The number of ether oxygens (including phenoxy) is 1. The van der Waals surface area contributed by atoms with E-state index in [9.17, 15) is 0 Å². The molecular formula is C7H6ClO. The average molecular weight is 142 g/mol. The minimum absolute atomic E-state index is 0.663. The molecule has 0 bridgehead atoms. The summed E-state index contributed by atoms with van der Waals surface area (Å²) in [7, 11) is 3.24. The van der Waals surface area contributed by atoms with Gasteiger partial charge in [-0.3, -0.25) is 0 Å². The molecule has 0 amide bonds. The standard InChI is InChI=1S/C7H6ClO/c1-9-7-4-2-3-6(8)5-7/h2-5H,1H2. The summed E-state index contributed by atoms with van der Waals surface area (Å²) in [4.78, 5) is 0. The van der Waals surface area contributed by atoms with E-state index in [0.29, 0.717) is 10.8 Å². The Morgan fingerprint density at radius 1 is 1.44 bits per heavy atom. The van der Waals surface area contributed by atoms with Crippen molar-refractivity contribution in [2.75, 3.05) is 0 Å². The predicted octanol–water partition coefficient (Wildman–Crippen LogP) is 2.51. The maximum atomic E-state index is 5.62. The lowest BCUT2D eigenvalue weighted by atomic mass is 10.3. The van der Waals surface area contributed by atoms with Gasteiger partial charge in [-0.05, 0) is 18.2 Å². The molecule has 0 aromatic heterocycles. The van der Waals surface area contributed by atoms with Gasteiger partial charge in [0.15, 0.2) is 0 Å². The second-order valence-corrected chi connectivity index (χ2v) is 2.04. The van der Waals surface area contributed by atoms with Crippen molar-refractivity contribution in [2.24, 2.45) is 0 Å². The summed E-state index contributed by atoms with van der Waals surface area (Å²) in [6.07, 6.45) is 0. The number of halogens is 1. The highest BCUT2D eigenvalue weighted by Crippen LogP contribution is 2.16. The molecule has 1 radical (unpaired) electrons. The summed E-state index contributed by atoms with van der Waals surface area (Å²) in [5, 5.41) is 0.663. The van der Waals surface area contributed by atoms with Crippen LogP contribution in [0.2, 0.25) is 5.02 Å². The van der Waals surface area contributed by atoms with Crippen molar-refractivity contribution in [2.45, 2.75) is 0 Å². The second kappa shape index (κ2) is 2.74. The first-order chi connectivity index (χ1) is 4.33. The molecule has 1 nitrogen and oxygen atoms in total. The van der Waals surface area contributed by atoms with Crippen molar-refractivity contribution < 1.29 is 4.74 Å². The van der Waals surface area contributed by atoms with Gasteiger partial charge in [0.2, 0.25) is 0 Å². The van der Waals surface area contributed by atoms with Crippen LogP contribution in [0.4, 0.5) is 0 Å². The van der Waals surface area contributed by atoms with E-state index in [1.807, 2.05) is 6.07 Å². The number of hydrogen-bond donors (Lipinski definition) is 0. The molecule has 0 fully saturated rings. The molecule has 1 aromatic carbocycles. The SMILES string of the molecule is [CH2]Oc1cccc(Cl)c1. The van der Waals surface area contributed by atoms with Crippen LogP contribution in [0.5, 0.6) is 5.75 Å². The van der Waals surface area contributed by atoms with Gasteiger partial charge in [0.1, 0.15) is 12.9 Å². The van der Waals surface area contributed by atoms with Crippen molar-refractivity contribution in [3.63, 3.8) is 0 Å². The molecule has 0 atom stereocenters. The van der Waals surface area contributed by atoms with Crippen LogP contribution in [-0.2, 0) is 0 Å². The first-order valence-corrected chi connectivity index (χ1v) is 2.88. The summed E-state index contributed by atoms with van der Waals surface area (Å²) >= 11 is 5.62. The smallest absolute Gasteiger partial charge is 0.122 e. The number of benzene rings is 1. The Morgan fingerprint density at radius 2 is 2.22 bits per heavy atom. The highest BCUT2D eigenvalue weighted by Gasteiger charge is 1.88. The maximum absolute atomic E-state index is 5.62. The van der Waals surface area contributed by atoms with Gasteiger partial charge in [-0.15, -0.1) is 0 Å². The van der Waals surface area contributed by atoms with Gasteiger partial charge in [0.05, 0.1) is 0 Å². The molecule has 0 aliphatic heterocycles. The van der Waals surface area contributed by atoms with E-state index in [0.717, 1.165) is 0 Å². The maximum Gasteiger partial charge on any atom is 0.122 e. The molecular weight excluding hydrogens is 136 g/mol. The Hall–Kier alpha value is -0.690. The van der Waals surface area contributed by atoms with Gasteiger partial charge in [0.25, 0.3) is 0 Å². The Morgan fingerprint density at radius 3 is 2.67 bits per heavy atom. The van der Waals surface area contributed by atoms with Crippen molar-refractivity contribution in [3.8, 4) is 5.75 Å². The van der Waals surface area contributed by atoms with E-state index in [1.54, 1.807) is 18.2 Å². The van der Waals surface area contributed by atoms with E-state index >= 15 is 0 Å². The zero-order valence-electron chi connectivity index (χ0n) is 4.80. The predicted molar refractivity (Wildman–Crippen MR) is 37.4 cm³/mol. The lowest BCUT2D eigenvalue weighted by Gasteiger charge is -1.96. The third-order valence-electron chi connectivity index (χ3n) is 0.963. The van der Waals surface area contributed by atoms with E-state index in [1.165, 1.54) is 0 Å². The average Bonchev–Trinajstić information content (AvgIpc) is 1.88. The summed E-state index contributed by atoms with van der Waals surface area (Å²) in [6, 6.07) is 7.08. The zero-order chi connectivity index (χ0) is 6.69. The molecule has 0 aliphatic carbocycles. The lowest BCUT2D eigenvalue weighted by molar-refractivity contribution is 0.473. The van der Waals surface area contributed by atoms with E-state index < -0.39 is 0 Å². The molecule has 2 heteroatoms. The fourth-order valence-electron chi connectivity index (χ4n) is 0.557. The quantitative estimate of drug-likeness (QED) is 0.584. The third-order valence-corrected chi connectivity index (χ3v) is 1.20. The van der Waals surface area contributed by atoms with Crippen LogP contribution in [0, 0.1) is 7.11 Å². The van der Waals surface area contributed by atoms with Crippen LogP contribution < -0.4 is 4.74 Å². The minimum atomic E-state index is 0.663. The molecule has 9 heavy (non-hydrogen) atoms. The van der Waals surface area contributed by atoms with Crippen LogP contribution in [-0.4, -0.2) is 0 Å². The highest BCUT2D eigenvalue weighted by molar-refractivity contribution is 6.30. The van der Waals surface area contributed by atoms with E-state index in [2.05, 4.69) is 11.8 Å². The molecule has 0 spiro atoms. The number of rotatable bonds is 1.